The van der Waals surface area contributed by atoms with Crippen LogP contribution in [0.25, 0.3) is 11.1 Å². The monoisotopic (exact) mass is 312 g/mol. The van der Waals surface area contributed by atoms with Gasteiger partial charge in [-0.15, -0.1) is 0 Å². The highest BCUT2D eigenvalue weighted by Crippen LogP contribution is 2.20. The van der Waals surface area contributed by atoms with E-state index >= 15 is 0 Å². The van der Waals surface area contributed by atoms with E-state index in [2.05, 4.69) is 34.8 Å². The molecule has 122 valence electrons. The molecule has 0 radical (unpaired) electrons. The number of benzene rings is 1. The third kappa shape index (κ3) is 3.79. The second-order valence-electron chi connectivity index (χ2n) is 6.31. The summed E-state index contributed by atoms with van der Waals surface area (Å²) in [5, 5.41) is 10.7. The first kappa shape index (κ1) is 15.7. The number of hydrogen-bond acceptors (Lipinski definition) is 3. The maximum absolute atomic E-state index is 12.4. The van der Waals surface area contributed by atoms with Crippen molar-refractivity contribution in [1.82, 2.24) is 20.4 Å². The Bertz CT molecular complexity index is 679. The minimum absolute atomic E-state index is 0.0743. The van der Waals surface area contributed by atoms with Gasteiger partial charge in [0.25, 0.3) is 0 Å². The van der Waals surface area contributed by atoms with Crippen molar-refractivity contribution < 1.29 is 4.79 Å². The number of hydrogen-bond donors (Lipinski definition) is 2. The molecule has 0 unspecified atom stereocenters. The highest BCUT2D eigenvalue weighted by atomic mass is 16.1. The fourth-order valence-corrected chi connectivity index (χ4v) is 3.15. The van der Waals surface area contributed by atoms with Crippen molar-refractivity contribution in [3.8, 4) is 11.1 Å². The normalized spacial score (nSPS) is 21.1. The van der Waals surface area contributed by atoms with Gasteiger partial charge in [0.1, 0.15) is 0 Å². The van der Waals surface area contributed by atoms with Crippen LogP contribution in [0.1, 0.15) is 25.3 Å². The van der Waals surface area contributed by atoms with E-state index in [0.29, 0.717) is 6.54 Å². The fraction of sp³-hybridized carbons (Fsp3) is 0.444. The van der Waals surface area contributed by atoms with Gasteiger partial charge in [-0.3, -0.25) is 9.48 Å². The Labute approximate surface area is 137 Å². The summed E-state index contributed by atoms with van der Waals surface area (Å²) in [6.07, 6.45) is 5.88. The van der Waals surface area contributed by atoms with Crippen LogP contribution in [-0.4, -0.2) is 28.3 Å². The second-order valence-corrected chi connectivity index (χ2v) is 6.31. The maximum atomic E-state index is 12.4. The van der Waals surface area contributed by atoms with E-state index in [1.807, 2.05) is 31.6 Å². The van der Waals surface area contributed by atoms with E-state index in [1.165, 1.54) is 0 Å². The number of carbonyl (C=O) groups excluding carboxylic acids is 1. The van der Waals surface area contributed by atoms with Crippen LogP contribution in [0.15, 0.2) is 36.7 Å². The average molecular weight is 312 g/mol. The van der Waals surface area contributed by atoms with Gasteiger partial charge in [-0.05, 0) is 43.5 Å². The van der Waals surface area contributed by atoms with Crippen LogP contribution in [0.3, 0.4) is 0 Å². The molecule has 1 fully saturated rings. The van der Waals surface area contributed by atoms with Crippen LogP contribution in [0.5, 0.6) is 0 Å². The lowest BCUT2D eigenvalue weighted by Crippen LogP contribution is -2.46. The molecule has 2 atom stereocenters. The quantitative estimate of drug-likeness (QED) is 0.909. The summed E-state index contributed by atoms with van der Waals surface area (Å²) in [7, 11) is 1.91. The van der Waals surface area contributed by atoms with Crippen molar-refractivity contribution in [2.75, 3.05) is 6.54 Å². The lowest BCUT2D eigenvalue weighted by atomic mass is 9.91. The summed E-state index contributed by atoms with van der Waals surface area (Å²) in [4.78, 5) is 12.4. The lowest BCUT2D eigenvalue weighted by Gasteiger charge is -2.28. The molecule has 5 nitrogen and oxygen atoms in total. The first-order chi connectivity index (χ1) is 11.1. The van der Waals surface area contributed by atoms with Gasteiger partial charge >= 0.3 is 0 Å². The summed E-state index contributed by atoms with van der Waals surface area (Å²) in [6, 6.07) is 8.50. The molecule has 1 amide bonds. The van der Waals surface area contributed by atoms with Gasteiger partial charge in [0, 0.05) is 31.4 Å². The van der Waals surface area contributed by atoms with E-state index in [-0.39, 0.29) is 17.9 Å². The topological polar surface area (TPSA) is 59.0 Å². The molecule has 23 heavy (non-hydrogen) atoms. The molecule has 0 aliphatic carbocycles. The van der Waals surface area contributed by atoms with Crippen molar-refractivity contribution in [1.29, 1.82) is 0 Å². The minimum Gasteiger partial charge on any atom is -0.352 e. The fourth-order valence-electron chi connectivity index (χ4n) is 3.15. The number of amides is 1. The summed E-state index contributed by atoms with van der Waals surface area (Å²) in [5.41, 5.74) is 3.32. The smallest absolute Gasteiger partial charge is 0.224 e. The molecule has 0 saturated carbocycles. The number of nitrogens with zero attached hydrogens (tertiary/aromatic N) is 2. The molecular weight excluding hydrogens is 288 g/mol. The van der Waals surface area contributed by atoms with E-state index in [0.717, 1.165) is 36.1 Å². The second kappa shape index (κ2) is 6.96. The molecule has 5 heteroatoms. The number of carbonyl (C=O) groups is 1. The Morgan fingerprint density at radius 2 is 2.30 bits per heavy atom. The van der Waals surface area contributed by atoms with Gasteiger partial charge in [0.05, 0.1) is 12.1 Å². The summed E-state index contributed by atoms with van der Waals surface area (Å²) in [6.45, 7) is 3.67. The van der Waals surface area contributed by atoms with Crippen LogP contribution in [0.4, 0.5) is 0 Å². The molecule has 1 aliphatic rings. The first-order valence-corrected chi connectivity index (χ1v) is 8.22. The molecule has 2 aromatic rings. The van der Waals surface area contributed by atoms with Crippen molar-refractivity contribution in [3.63, 3.8) is 0 Å². The van der Waals surface area contributed by atoms with Gasteiger partial charge in [-0.25, -0.2) is 0 Å². The molecular formula is C18H24N4O. The summed E-state index contributed by atoms with van der Waals surface area (Å²) >= 11 is 0. The molecule has 1 saturated heterocycles. The van der Waals surface area contributed by atoms with Crippen molar-refractivity contribution in [3.05, 3.63) is 42.2 Å². The number of rotatable bonds is 4. The highest BCUT2D eigenvalue weighted by Gasteiger charge is 2.27. The maximum Gasteiger partial charge on any atom is 0.224 e. The lowest BCUT2D eigenvalue weighted by molar-refractivity contribution is -0.126. The van der Waals surface area contributed by atoms with Gasteiger partial charge in [-0.1, -0.05) is 18.2 Å². The number of aryl methyl sites for hydroxylation is 1. The SMILES string of the molecule is C[C@H]1NCCC[C@H]1C(=O)NCc1cccc(-c2cnn(C)c2)c1. The van der Waals surface area contributed by atoms with Gasteiger partial charge < -0.3 is 10.6 Å². The van der Waals surface area contributed by atoms with Crippen molar-refractivity contribution >= 4 is 5.91 Å². The Hall–Kier alpha value is -2.14. The largest absolute Gasteiger partial charge is 0.352 e. The third-order valence-corrected chi connectivity index (χ3v) is 4.53. The molecule has 1 aromatic heterocycles. The standard InChI is InChI=1S/C18H24N4O/c1-13-17(7-4-8-19-13)18(23)20-10-14-5-3-6-15(9-14)16-11-21-22(2)12-16/h3,5-6,9,11-13,17,19H,4,7-8,10H2,1-2H3,(H,20,23)/t13-,17-/m1/s1. The molecule has 1 aromatic carbocycles. The Balaban J connectivity index is 1.63. The predicted molar refractivity (Wildman–Crippen MR) is 90.7 cm³/mol. The van der Waals surface area contributed by atoms with Crippen LogP contribution in [0, 0.1) is 5.92 Å². The molecule has 1 aliphatic heterocycles. The highest BCUT2D eigenvalue weighted by molar-refractivity contribution is 5.79. The van der Waals surface area contributed by atoms with Gasteiger partial charge in [0.2, 0.25) is 5.91 Å². The molecule has 2 heterocycles. The van der Waals surface area contributed by atoms with E-state index in [9.17, 15) is 4.79 Å². The Morgan fingerprint density at radius 1 is 1.43 bits per heavy atom. The Kier molecular flexibility index (Phi) is 4.76. The van der Waals surface area contributed by atoms with E-state index in [1.54, 1.807) is 4.68 Å². The van der Waals surface area contributed by atoms with Crippen LogP contribution in [-0.2, 0) is 18.4 Å². The molecule has 2 N–H and O–H groups in total. The van der Waals surface area contributed by atoms with Crippen molar-refractivity contribution in [2.24, 2.45) is 13.0 Å². The van der Waals surface area contributed by atoms with Crippen LogP contribution < -0.4 is 10.6 Å². The third-order valence-electron chi connectivity index (χ3n) is 4.53. The predicted octanol–water partition coefficient (Wildman–Crippen LogP) is 2.09. The zero-order valence-corrected chi connectivity index (χ0v) is 13.7. The Morgan fingerprint density at radius 3 is 3.04 bits per heavy atom. The summed E-state index contributed by atoms with van der Waals surface area (Å²) in [5.74, 6) is 0.224. The number of piperidine rings is 1. The van der Waals surface area contributed by atoms with Crippen LogP contribution in [0.2, 0.25) is 0 Å². The zero-order chi connectivity index (χ0) is 16.2. The number of aromatic nitrogens is 2. The van der Waals surface area contributed by atoms with E-state index < -0.39 is 0 Å². The average Bonchev–Trinajstić information content (AvgIpc) is 3.00. The number of nitrogens with one attached hydrogen (secondary N) is 2. The van der Waals surface area contributed by atoms with E-state index in [4.69, 9.17) is 0 Å². The zero-order valence-electron chi connectivity index (χ0n) is 13.7. The molecule has 0 bridgehead atoms. The first-order valence-electron chi connectivity index (χ1n) is 8.22. The van der Waals surface area contributed by atoms with Gasteiger partial charge in [0.15, 0.2) is 0 Å². The molecule has 0 spiro atoms. The minimum atomic E-state index is 0.0743. The van der Waals surface area contributed by atoms with Crippen molar-refractivity contribution in [2.45, 2.75) is 32.4 Å². The molecule has 3 rings (SSSR count). The van der Waals surface area contributed by atoms with Gasteiger partial charge in [-0.2, -0.15) is 5.10 Å². The van der Waals surface area contributed by atoms with Crippen LogP contribution >= 0.6 is 0 Å². The summed E-state index contributed by atoms with van der Waals surface area (Å²) < 4.78 is 1.79.